The summed E-state index contributed by atoms with van der Waals surface area (Å²) in [5, 5.41) is 11.4. The van der Waals surface area contributed by atoms with E-state index in [9.17, 15) is 14.7 Å². The van der Waals surface area contributed by atoms with Crippen molar-refractivity contribution < 1.29 is 24.2 Å². The van der Waals surface area contributed by atoms with Gasteiger partial charge in [0.2, 0.25) is 0 Å². The molecular weight excluding hydrogens is 466 g/mol. The summed E-state index contributed by atoms with van der Waals surface area (Å²) < 4.78 is 11.5. The van der Waals surface area contributed by atoms with Crippen molar-refractivity contribution in [3.63, 3.8) is 0 Å². The topological polar surface area (TPSA) is 76.1 Å². The first kappa shape index (κ1) is 28.5. The van der Waals surface area contributed by atoms with Crippen molar-refractivity contribution in [3.05, 3.63) is 70.3 Å². The van der Waals surface area contributed by atoms with E-state index in [2.05, 4.69) is 20.8 Å². The smallest absolute Gasteiger partial charge is 0.295 e. The first-order valence-corrected chi connectivity index (χ1v) is 13.1. The van der Waals surface area contributed by atoms with Crippen molar-refractivity contribution in [2.24, 2.45) is 0 Å². The number of hydrogen-bond acceptors (Lipinski definition) is 5. The van der Waals surface area contributed by atoms with Crippen LogP contribution in [0.5, 0.6) is 5.75 Å². The number of ether oxygens (including phenoxy) is 2. The summed E-state index contributed by atoms with van der Waals surface area (Å²) in [4.78, 5) is 28.1. The Bertz CT molecular complexity index is 1160. The molecule has 6 heteroatoms. The molecule has 2 aromatic rings. The van der Waals surface area contributed by atoms with Crippen LogP contribution in [0.25, 0.3) is 5.76 Å². The van der Waals surface area contributed by atoms with E-state index in [1.807, 2.05) is 58.9 Å². The standard InChI is InChI=1S/C31H41NO5/c1-19(2)36-17-9-16-32-27(22-10-13-24(14-11-22)31(6,7)8)26(29(34)30(32)35)28(33)23-12-15-25(21(5)18-23)37-20(3)4/h10-15,18-20,27,33H,9,16-17H2,1-8H3/b28-26-. The molecule has 0 saturated carbocycles. The Morgan fingerprint density at radius 3 is 2.19 bits per heavy atom. The molecule has 37 heavy (non-hydrogen) atoms. The van der Waals surface area contributed by atoms with Crippen molar-refractivity contribution in [3.8, 4) is 5.75 Å². The fourth-order valence-corrected chi connectivity index (χ4v) is 4.51. The third kappa shape index (κ3) is 6.61. The second-order valence-electron chi connectivity index (χ2n) is 11.3. The van der Waals surface area contributed by atoms with E-state index in [0.29, 0.717) is 30.9 Å². The highest BCUT2D eigenvalue weighted by atomic mass is 16.5. The number of hydrogen-bond donors (Lipinski definition) is 1. The third-order valence-electron chi connectivity index (χ3n) is 6.44. The molecule has 1 unspecified atom stereocenters. The molecule has 3 rings (SSSR count). The minimum Gasteiger partial charge on any atom is -0.507 e. The molecule has 1 atom stereocenters. The Morgan fingerprint density at radius 1 is 1.00 bits per heavy atom. The van der Waals surface area contributed by atoms with Crippen LogP contribution in [-0.2, 0) is 19.7 Å². The summed E-state index contributed by atoms with van der Waals surface area (Å²) in [6.45, 7) is 17.0. The number of carbonyl (C=O) groups excluding carboxylic acids is 2. The molecule has 0 aliphatic carbocycles. The Hall–Kier alpha value is -3.12. The number of likely N-dealkylation sites (tertiary alicyclic amines) is 1. The highest BCUT2D eigenvalue weighted by Gasteiger charge is 2.45. The maximum absolute atomic E-state index is 13.3. The van der Waals surface area contributed by atoms with Gasteiger partial charge >= 0.3 is 0 Å². The summed E-state index contributed by atoms with van der Waals surface area (Å²) in [6, 6.07) is 12.6. The lowest BCUT2D eigenvalue weighted by Gasteiger charge is -2.26. The van der Waals surface area contributed by atoms with Gasteiger partial charge < -0.3 is 19.5 Å². The molecule has 6 nitrogen and oxygen atoms in total. The highest BCUT2D eigenvalue weighted by Crippen LogP contribution is 2.40. The Labute approximate surface area is 221 Å². The number of aliphatic hydroxyl groups is 1. The van der Waals surface area contributed by atoms with Crippen LogP contribution in [0, 0.1) is 6.92 Å². The summed E-state index contributed by atoms with van der Waals surface area (Å²) in [6.07, 6.45) is 0.684. The number of carbonyl (C=O) groups is 2. The average Bonchev–Trinajstić information content (AvgIpc) is 3.06. The fourth-order valence-electron chi connectivity index (χ4n) is 4.51. The predicted octanol–water partition coefficient (Wildman–Crippen LogP) is 6.32. The van der Waals surface area contributed by atoms with Gasteiger partial charge in [0, 0.05) is 18.7 Å². The van der Waals surface area contributed by atoms with Crippen molar-refractivity contribution in [1.82, 2.24) is 4.90 Å². The van der Waals surface area contributed by atoms with Crippen LogP contribution in [0.1, 0.15) is 83.2 Å². The molecule has 0 spiro atoms. The number of benzene rings is 2. The summed E-state index contributed by atoms with van der Waals surface area (Å²) in [7, 11) is 0. The van der Waals surface area contributed by atoms with E-state index in [4.69, 9.17) is 9.47 Å². The van der Waals surface area contributed by atoms with Gasteiger partial charge in [-0.2, -0.15) is 0 Å². The minimum atomic E-state index is -0.681. The summed E-state index contributed by atoms with van der Waals surface area (Å²) in [5.41, 5.74) is 3.32. The quantitative estimate of drug-likeness (QED) is 0.186. The van der Waals surface area contributed by atoms with E-state index < -0.39 is 17.7 Å². The van der Waals surface area contributed by atoms with E-state index in [-0.39, 0.29) is 29.0 Å². The number of rotatable bonds is 9. The van der Waals surface area contributed by atoms with Gasteiger partial charge in [-0.15, -0.1) is 0 Å². The molecule has 0 bridgehead atoms. The van der Waals surface area contributed by atoms with E-state index in [1.165, 1.54) is 0 Å². The second kappa shape index (κ2) is 11.5. The molecule has 200 valence electrons. The lowest BCUT2D eigenvalue weighted by molar-refractivity contribution is -0.140. The van der Waals surface area contributed by atoms with Crippen molar-refractivity contribution in [1.29, 1.82) is 0 Å². The van der Waals surface area contributed by atoms with Gasteiger partial charge in [-0.1, -0.05) is 45.0 Å². The molecule has 1 N–H and O–H groups in total. The lowest BCUT2D eigenvalue weighted by atomic mass is 9.85. The third-order valence-corrected chi connectivity index (χ3v) is 6.44. The average molecular weight is 508 g/mol. The number of aryl methyl sites for hydroxylation is 1. The van der Waals surface area contributed by atoms with Gasteiger partial charge in [-0.25, -0.2) is 0 Å². The van der Waals surface area contributed by atoms with Crippen molar-refractivity contribution >= 4 is 17.4 Å². The molecule has 1 heterocycles. The van der Waals surface area contributed by atoms with Crippen LogP contribution in [0.3, 0.4) is 0 Å². The zero-order chi connectivity index (χ0) is 27.5. The number of nitrogens with zero attached hydrogens (tertiary/aromatic N) is 1. The van der Waals surface area contributed by atoms with Gasteiger partial charge in [0.15, 0.2) is 0 Å². The fraction of sp³-hybridized carbons (Fsp3) is 0.484. The van der Waals surface area contributed by atoms with E-state index in [1.54, 1.807) is 23.1 Å². The number of ketones is 1. The highest BCUT2D eigenvalue weighted by molar-refractivity contribution is 6.46. The molecule has 2 aromatic carbocycles. The van der Waals surface area contributed by atoms with Crippen LogP contribution < -0.4 is 4.74 Å². The summed E-state index contributed by atoms with van der Waals surface area (Å²) >= 11 is 0. The van der Waals surface area contributed by atoms with Crippen molar-refractivity contribution in [2.45, 2.75) is 85.5 Å². The van der Waals surface area contributed by atoms with Gasteiger partial charge in [0.25, 0.3) is 11.7 Å². The molecule has 0 radical (unpaired) electrons. The van der Waals surface area contributed by atoms with Gasteiger partial charge in [0.1, 0.15) is 11.5 Å². The molecule has 1 aliphatic heterocycles. The number of amides is 1. The Morgan fingerprint density at radius 2 is 1.65 bits per heavy atom. The largest absolute Gasteiger partial charge is 0.507 e. The second-order valence-corrected chi connectivity index (χ2v) is 11.3. The van der Waals surface area contributed by atoms with Crippen LogP contribution in [0.4, 0.5) is 0 Å². The maximum atomic E-state index is 13.3. The number of aliphatic hydroxyl groups excluding tert-OH is 1. The van der Waals surface area contributed by atoms with E-state index >= 15 is 0 Å². The lowest BCUT2D eigenvalue weighted by Crippen LogP contribution is -2.31. The Balaban J connectivity index is 2.06. The first-order valence-electron chi connectivity index (χ1n) is 13.1. The number of Topliss-reactive ketones (excluding diaryl/α,β-unsaturated/α-hetero) is 1. The Kier molecular flexibility index (Phi) is 8.85. The monoisotopic (exact) mass is 507 g/mol. The summed E-state index contributed by atoms with van der Waals surface area (Å²) in [5.74, 6) is -0.741. The molecule has 1 fully saturated rings. The predicted molar refractivity (Wildman–Crippen MR) is 147 cm³/mol. The maximum Gasteiger partial charge on any atom is 0.295 e. The molecule has 1 amide bonds. The zero-order valence-electron chi connectivity index (χ0n) is 23.4. The zero-order valence-corrected chi connectivity index (χ0v) is 23.4. The van der Waals surface area contributed by atoms with Crippen LogP contribution in [-0.4, -0.2) is 47.1 Å². The van der Waals surface area contributed by atoms with Crippen molar-refractivity contribution in [2.75, 3.05) is 13.2 Å². The molecule has 1 aliphatic rings. The molecular formula is C31H41NO5. The minimum absolute atomic E-state index is 0.0132. The van der Waals surface area contributed by atoms with Crippen LogP contribution in [0.2, 0.25) is 0 Å². The van der Waals surface area contributed by atoms with E-state index in [0.717, 1.165) is 16.7 Å². The van der Waals surface area contributed by atoms with Gasteiger partial charge in [-0.05, 0) is 81.3 Å². The van der Waals surface area contributed by atoms with Crippen LogP contribution in [0.15, 0.2) is 48.0 Å². The normalized spacial score (nSPS) is 17.8. The molecule has 0 aromatic heterocycles. The van der Waals surface area contributed by atoms with Gasteiger partial charge in [0.05, 0.1) is 23.8 Å². The first-order chi connectivity index (χ1) is 17.3. The molecule has 1 saturated heterocycles. The SMILES string of the molecule is Cc1cc(/C(O)=C2/C(=O)C(=O)N(CCCOC(C)C)C2c2ccc(C(C)(C)C)cc2)ccc1OC(C)C. The van der Waals surface area contributed by atoms with Gasteiger partial charge in [-0.3, -0.25) is 9.59 Å². The van der Waals surface area contributed by atoms with Crippen LogP contribution >= 0.6 is 0 Å².